The molecule has 2 atom stereocenters. The molecule has 0 bridgehead atoms. The molecule has 6 nitrogen and oxygen atoms in total. The van der Waals surface area contributed by atoms with E-state index in [1.165, 1.54) is 12.1 Å². The number of hydrazone groups is 1. The van der Waals surface area contributed by atoms with Gasteiger partial charge in [-0.2, -0.15) is 9.82 Å². The summed E-state index contributed by atoms with van der Waals surface area (Å²) < 4.78 is 48.5. The molecule has 0 aromatic heterocycles. The normalized spacial score (nSPS) is 16.5. The van der Waals surface area contributed by atoms with Crippen molar-refractivity contribution in [2.24, 2.45) is 5.10 Å². The quantitative estimate of drug-likeness (QED) is 0.373. The highest BCUT2D eigenvalue weighted by Gasteiger charge is 2.32. The van der Waals surface area contributed by atoms with Gasteiger partial charge < -0.3 is 10.2 Å². The predicted octanol–water partition coefficient (Wildman–Crippen LogP) is 5.95. The van der Waals surface area contributed by atoms with Gasteiger partial charge >= 0.3 is 0 Å². The van der Waals surface area contributed by atoms with Crippen LogP contribution in [0.2, 0.25) is 10.0 Å². The van der Waals surface area contributed by atoms with Gasteiger partial charge in [-0.1, -0.05) is 41.4 Å². The molecule has 35 heavy (non-hydrogen) atoms. The largest absolute Gasteiger partial charge is 0.494 e. The van der Waals surface area contributed by atoms with Gasteiger partial charge in [0.05, 0.1) is 29.3 Å². The molecular weight excluding hydrogens is 512 g/mol. The third-order valence-corrected chi connectivity index (χ3v) is 7.82. The van der Waals surface area contributed by atoms with E-state index < -0.39 is 21.9 Å². The van der Waals surface area contributed by atoms with E-state index in [2.05, 4.69) is 15.2 Å². The standard InChI is InChI=1S/C25H24Cl2FN3O3S/c1-3-34-19-8-4-16(5-9-19)22-14-23(30-29-22)25(20-10-6-17(26)13-21(20)27)31-35(32,33)24-11-7-18(28)12-15(24)2/h4-13,22,25,29,31H,3,14H2,1-2H3. The lowest BCUT2D eigenvalue weighted by Crippen LogP contribution is -2.34. The Balaban J connectivity index is 1.65. The van der Waals surface area contributed by atoms with Gasteiger partial charge in [-0.05, 0) is 73.0 Å². The number of aryl methyl sites for hydroxylation is 1. The average molecular weight is 536 g/mol. The Bertz CT molecular complexity index is 1360. The molecule has 0 spiro atoms. The molecule has 1 heterocycles. The lowest BCUT2D eigenvalue weighted by atomic mass is 9.96. The van der Waals surface area contributed by atoms with Gasteiger partial charge in [0.1, 0.15) is 11.6 Å². The van der Waals surface area contributed by atoms with Gasteiger partial charge in [0.2, 0.25) is 10.0 Å². The van der Waals surface area contributed by atoms with Crippen molar-refractivity contribution in [2.45, 2.75) is 37.2 Å². The molecule has 3 aromatic carbocycles. The Morgan fingerprint density at radius 2 is 1.89 bits per heavy atom. The average Bonchev–Trinajstić information content (AvgIpc) is 3.28. The van der Waals surface area contributed by atoms with Crippen LogP contribution in [0, 0.1) is 12.7 Å². The van der Waals surface area contributed by atoms with Crippen LogP contribution in [0.25, 0.3) is 0 Å². The first kappa shape index (κ1) is 25.4. The van der Waals surface area contributed by atoms with Crippen LogP contribution in [0.5, 0.6) is 5.75 Å². The SMILES string of the molecule is CCOc1ccc(C2CC(C(NS(=O)(=O)c3ccc(F)cc3C)c3ccc(Cl)cc3Cl)=NN2)cc1. The summed E-state index contributed by atoms with van der Waals surface area (Å²) in [7, 11) is -4.05. The maximum Gasteiger partial charge on any atom is 0.241 e. The number of nitrogens with zero attached hydrogens (tertiary/aromatic N) is 1. The Kier molecular flexibility index (Phi) is 7.66. The molecule has 1 aliphatic heterocycles. The topological polar surface area (TPSA) is 79.8 Å². The van der Waals surface area contributed by atoms with Crippen LogP contribution in [0.1, 0.15) is 42.1 Å². The molecule has 2 unspecified atom stereocenters. The third kappa shape index (κ3) is 5.78. The van der Waals surface area contributed by atoms with Crippen LogP contribution in [0.4, 0.5) is 4.39 Å². The van der Waals surface area contributed by atoms with Gasteiger partial charge in [0, 0.05) is 16.5 Å². The maximum absolute atomic E-state index is 13.6. The van der Waals surface area contributed by atoms with Crippen molar-refractivity contribution < 1.29 is 17.5 Å². The minimum Gasteiger partial charge on any atom is -0.494 e. The molecule has 1 aliphatic rings. The number of ether oxygens (including phenoxy) is 1. The lowest BCUT2D eigenvalue weighted by Gasteiger charge is -2.21. The Morgan fingerprint density at radius 3 is 2.54 bits per heavy atom. The van der Waals surface area contributed by atoms with E-state index in [1.807, 2.05) is 31.2 Å². The molecule has 2 N–H and O–H groups in total. The zero-order chi connectivity index (χ0) is 25.2. The van der Waals surface area contributed by atoms with E-state index in [0.29, 0.717) is 34.3 Å². The summed E-state index contributed by atoms with van der Waals surface area (Å²) in [4.78, 5) is -0.0244. The highest BCUT2D eigenvalue weighted by molar-refractivity contribution is 7.89. The minimum absolute atomic E-state index is 0.0244. The van der Waals surface area contributed by atoms with Gasteiger partial charge in [0.25, 0.3) is 0 Å². The van der Waals surface area contributed by atoms with Crippen molar-refractivity contribution in [1.29, 1.82) is 0 Å². The number of halogens is 3. The molecule has 0 saturated carbocycles. The molecule has 184 valence electrons. The second-order valence-electron chi connectivity index (χ2n) is 8.12. The fourth-order valence-electron chi connectivity index (χ4n) is 3.98. The van der Waals surface area contributed by atoms with Gasteiger partial charge in [-0.15, -0.1) is 0 Å². The Morgan fingerprint density at radius 1 is 1.14 bits per heavy atom. The van der Waals surface area contributed by atoms with Crippen LogP contribution in [-0.2, 0) is 10.0 Å². The number of rotatable bonds is 8. The zero-order valence-electron chi connectivity index (χ0n) is 19.1. The highest BCUT2D eigenvalue weighted by atomic mass is 35.5. The summed E-state index contributed by atoms with van der Waals surface area (Å²) in [5, 5.41) is 5.19. The predicted molar refractivity (Wildman–Crippen MR) is 136 cm³/mol. The summed E-state index contributed by atoms with van der Waals surface area (Å²) in [6.45, 7) is 4.03. The summed E-state index contributed by atoms with van der Waals surface area (Å²) in [5.41, 5.74) is 5.42. The monoisotopic (exact) mass is 535 g/mol. The van der Waals surface area contributed by atoms with Gasteiger partial charge in [0.15, 0.2) is 0 Å². The van der Waals surface area contributed by atoms with E-state index in [4.69, 9.17) is 27.9 Å². The fourth-order valence-corrected chi connectivity index (χ4v) is 5.93. The van der Waals surface area contributed by atoms with E-state index in [9.17, 15) is 12.8 Å². The molecule has 0 amide bonds. The molecular formula is C25H24Cl2FN3O3S. The second kappa shape index (κ2) is 10.5. The molecule has 0 fully saturated rings. The number of nitrogens with one attached hydrogen (secondary N) is 2. The van der Waals surface area contributed by atoms with Crippen LogP contribution >= 0.6 is 23.2 Å². The smallest absolute Gasteiger partial charge is 0.241 e. The Hall–Kier alpha value is -2.65. The zero-order valence-corrected chi connectivity index (χ0v) is 21.4. The van der Waals surface area contributed by atoms with Crippen molar-refractivity contribution in [2.75, 3.05) is 6.61 Å². The fraction of sp³-hybridized carbons (Fsp3) is 0.240. The number of hydrogen-bond donors (Lipinski definition) is 2. The van der Waals surface area contributed by atoms with Crippen molar-refractivity contribution in [3.8, 4) is 5.75 Å². The van der Waals surface area contributed by atoms with Crippen LogP contribution in [0.15, 0.2) is 70.7 Å². The highest BCUT2D eigenvalue weighted by Crippen LogP contribution is 2.34. The number of hydrogen-bond acceptors (Lipinski definition) is 5. The van der Waals surface area contributed by atoms with Crippen LogP contribution < -0.4 is 14.9 Å². The molecule has 0 saturated heterocycles. The Labute approximate surface area is 214 Å². The van der Waals surface area contributed by atoms with Crippen LogP contribution in [0.3, 0.4) is 0 Å². The van der Waals surface area contributed by atoms with Crippen molar-refractivity contribution in [3.63, 3.8) is 0 Å². The van der Waals surface area contributed by atoms with E-state index in [1.54, 1.807) is 25.1 Å². The summed E-state index contributed by atoms with van der Waals surface area (Å²) in [6, 6.07) is 15.0. The summed E-state index contributed by atoms with van der Waals surface area (Å²) in [6.07, 6.45) is 0.433. The van der Waals surface area contributed by atoms with Crippen molar-refractivity contribution >= 4 is 38.9 Å². The molecule has 0 aliphatic carbocycles. The van der Waals surface area contributed by atoms with Gasteiger partial charge in [-0.25, -0.2) is 12.8 Å². The first-order valence-electron chi connectivity index (χ1n) is 11.0. The molecule has 10 heteroatoms. The van der Waals surface area contributed by atoms with E-state index in [0.717, 1.165) is 17.4 Å². The lowest BCUT2D eigenvalue weighted by molar-refractivity contribution is 0.340. The summed E-state index contributed by atoms with van der Waals surface area (Å²) >= 11 is 12.5. The second-order valence-corrected chi connectivity index (χ2v) is 10.6. The molecule has 0 radical (unpaired) electrons. The van der Waals surface area contributed by atoms with Crippen molar-refractivity contribution in [3.05, 3.63) is 93.2 Å². The number of sulfonamides is 1. The summed E-state index contributed by atoms with van der Waals surface area (Å²) in [5.74, 6) is 0.255. The minimum atomic E-state index is -4.05. The van der Waals surface area contributed by atoms with Crippen molar-refractivity contribution in [1.82, 2.24) is 10.1 Å². The third-order valence-electron chi connectivity index (χ3n) is 5.68. The van der Waals surface area contributed by atoms with Gasteiger partial charge in [-0.3, -0.25) is 0 Å². The first-order valence-corrected chi connectivity index (χ1v) is 13.2. The number of benzene rings is 3. The van der Waals surface area contributed by atoms with E-state index >= 15 is 0 Å². The first-order chi connectivity index (χ1) is 16.7. The molecule has 4 rings (SSSR count). The van der Waals surface area contributed by atoms with Crippen LogP contribution in [-0.4, -0.2) is 20.7 Å². The molecule has 3 aromatic rings. The maximum atomic E-state index is 13.6. The van der Waals surface area contributed by atoms with E-state index in [-0.39, 0.29) is 16.5 Å².